The summed E-state index contributed by atoms with van der Waals surface area (Å²) in [5, 5.41) is 3.78. The molecule has 0 saturated heterocycles. The number of oxime groups is 1. The molecule has 0 radical (unpaired) electrons. The lowest BCUT2D eigenvalue weighted by atomic mass is 10.2. The normalized spacial score (nSPS) is 9.88. The summed E-state index contributed by atoms with van der Waals surface area (Å²) in [4.78, 5) is 4.94. The van der Waals surface area contributed by atoms with Crippen LogP contribution in [0.3, 0.4) is 0 Å². The van der Waals surface area contributed by atoms with Gasteiger partial charge in [0.2, 0.25) is 0 Å². The number of nitrogen functional groups attached to an aromatic ring is 1. The summed E-state index contributed by atoms with van der Waals surface area (Å²) >= 11 is 0. The highest BCUT2D eigenvalue weighted by Crippen LogP contribution is 2.05. The molecule has 1 aromatic rings. The van der Waals surface area contributed by atoms with E-state index >= 15 is 0 Å². The lowest BCUT2D eigenvalue weighted by Gasteiger charge is -1.99. The van der Waals surface area contributed by atoms with Gasteiger partial charge in [-0.15, -0.1) is 12.4 Å². The van der Waals surface area contributed by atoms with Gasteiger partial charge in [0.15, 0.2) is 0 Å². The first kappa shape index (κ1) is 14.7. The number of anilines is 1. The quantitative estimate of drug-likeness (QED) is 0.344. The number of benzene rings is 1. The molecule has 0 aromatic heterocycles. The van der Waals surface area contributed by atoms with Gasteiger partial charge in [0.1, 0.15) is 6.61 Å². The van der Waals surface area contributed by atoms with E-state index in [1.54, 1.807) is 13.3 Å². The first-order chi connectivity index (χ1) is 7.36. The number of nitrogens with two attached hydrogens (primary N) is 1. The summed E-state index contributed by atoms with van der Waals surface area (Å²) in [5.41, 5.74) is 4.35. The molecule has 0 aliphatic carbocycles. The van der Waals surface area contributed by atoms with Crippen LogP contribution in [-0.2, 0) is 9.57 Å². The fraction of sp³-hybridized carbons (Fsp3) is 0.300. The predicted octanol–water partition coefficient (Wildman–Crippen LogP) is 1.39. The number of hydrogen-bond donors (Lipinski definition) is 2. The Balaban J connectivity index is 0.00000225. The lowest BCUT2D eigenvalue weighted by Crippen LogP contribution is -2.06. The molecule has 0 atom stereocenters. The van der Waals surface area contributed by atoms with Crippen LogP contribution >= 0.6 is 12.4 Å². The lowest BCUT2D eigenvalue weighted by molar-refractivity contribution is 0.0760. The molecule has 1 rings (SSSR count). The molecule has 0 bridgehead atoms. The van der Waals surface area contributed by atoms with Crippen molar-refractivity contribution < 1.29 is 9.57 Å². The van der Waals surface area contributed by atoms with Crippen LogP contribution in [0.15, 0.2) is 29.4 Å². The Morgan fingerprint density at radius 3 is 2.56 bits per heavy atom. The summed E-state index contributed by atoms with van der Waals surface area (Å²) < 4.78 is 4.80. The van der Waals surface area contributed by atoms with E-state index in [1.807, 2.05) is 24.3 Å². The van der Waals surface area contributed by atoms with Crippen LogP contribution in [0.4, 0.5) is 5.69 Å². The van der Waals surface area contributed by atoms with E-state index in [0.717, 1.165) is 11.3 Å². The van der Waals surface area contributed by atoms with E-state index in [2.05, 4.69) is 10.6 Å². The number of ether oxygens (including phenoxy) is 1. The molecule has 0 heterocycles. The van der Waals surface area contributed by atoms with E-state index < -0.39 is 0 Å². The second-order valence-corrected chi connectivity index (χ2v) is 2.83. The SMILES string of the molecule is COCCON=Cc1ccc(NN)cc1.Cl. The Morgan fingerprint density at radius 1 is 1.31 bits per heavy atom. The van der Waals surface area contributed by atoms with Gasteiger partial charge in [-0.3, -0.25) is 5.84 Å². The minimum Gasteiger partial charge on any atom is -0.393 e. The molecule has 0 aliphatic rings. The van der Waals surface area contributed by atoms with E-state index in [0.29, 0.717) is 13.2 Å². The molecule has 0 saturated carbocycles. The van der Waals surface area contributed by atoms with Gasteiger partial charge in [-0.25, -0.2) is 0 Å². The zero-order valence-corrected chi connectivity index (χ0v) is 9.87. The maximum absolute atomic E-state index is 5.23. The highest BCUT2D eigenvalue weighted by atomic mass is 35.5. The molecule has 0 fully saturated rings. The summed E-state index contributed by atoms with van der Waals surface area (Å²) in [6, 6.07) is 7.49. The first-order valence-corrected chi connectivity index (χ1v) is 4.58. The standard InChI is InChI=1S/C10H15N3O2.ClH/c1-14-6-7-15-12-8-9-2-4-10(13-11)5-3-9;/h2-5,8,13H,6-7,11H2,1H3;1H. The van der Waals surface area contributed by atoms with E-state index in [1.165, 1.54) is 0 Å². The van der Waals surface area contributed by atoms with Crippen molar-refractivity contribution in [2.45, 2.75) is 0 Å². The maximum Gasteiger partial charge on any atom is 0.140 e. The van der Waals surface area contributed by atoms with Crippen LogP contribution in [0.5, 0.6) is 0 Å². The third-order valence-corrected chi connectivity index (χ3v) is 1.73. The summed E-state index contributed by atoms with van der Waals surface area (Å²) in [6.45, 7) is 0.989. The van der Waals surface area contributed by atoms with E-state index in [9.17, 15) is 0 Å². The van der Waals surface area contributed by atoms with Crippen LogP contribution < -0.4 is 11.3 Å². The van der Waals surface area contributed by atoms with E-state index in [-0.39, 0.29) is 12.4 Å². The summed E-state index contributed by atoms with van der Waals surface area (Å²) in [5.74, 6) is 5.23. The fourth-order valence-corrected chi connectivity index (χ4v) is 0.937. The van der Waals surface area contributed by atoms with Crippen molar-refractivity contribution in [3.8, 4) is 0 Å². The smallest absolute Gasteiger partial charge is 0.140 e. The van der Waals surface area contributed by atoms with Gasteiger partial charge < -0.3 is 15.0 Å². The number of hydrazine groups is 1. The Morgan fingerprint density at radius 2 is 2.00 bits per heavy atom. The number of rotatable bonds is 6. The average Bonchev–Trinajstić information content (AvgIpc) is 2.30. The largest absolute Gasteiger partial charge is 0.393 e. The monoisotopic (exact) mass is 245 g/mol. The van der Waals surface area contributed by atoms with E-state index in [4.69, 9.17) is 15.4 Å². The Bertz CT molecular complexity index is 303. The molecule has 0 unspecified atom stereocenters. The molecule has 1 aromatic carbocycles. The maximum atomic E-state index is 5.23. The number of nitrogens with one attached hydrogen (secondary N) is 1. The van der Waals surface area contributed by atoms with Crippen molar-refractivity contribution in [1.82, 2.24) is 0 Å². The topological polar surface area (TPSA) is 68.9 Å². The van der Waals surface area contributed by atoms with Gasteiger partial charge in [-0.05, 0) is 17.7 Å². The van der Waals surface area contributed by atoms with Crippen molar-refractivity contribution in [3.05, 3.63) is 29.8 Å². The van der Waals surface area contributed by atoms with Gasteiger partial charge in [0.05, 0.1) is 12.8 Å². The third kappa shape index (κ3) is 5.55. The summed E-state index contributed by atoms with van der Waals surface area (Å²) in [6.07, 6.45) is 1.63. The minimum absolute atomic E-state index is 0. The first-order valence-electron chi connectivity index (χ1n) is 4.58. The Kier molecular flexibility index (Phi) is 8.24. The zero-order chi connectivity index (χ0) is 10.9. The Labute approximate surface area is 101 Å². The minimum atomic E-state index is 0. The van der Waals surface area contributed by atoms with Crippen LogP contribution in [0, 0.1) is 0 Å². The van der Waals surface area contributed by atoms with Crippen LogP contribution in [0.2, 0.25) is 0 Å². The molecular weight excluding hydrogens is 230 g/mol. The van der Waals surface area contributed by atoms with Crippen LogP contribution in [0.25, 0.3) is 0 Å². The molecular formula is C10H16ClN3O2. The van der Waals surface area contributed by atoms with Gasteiger partial charge in [0, 0.05) is 12.8 Å². The molecule has 0 spiro atoms. The number of methoxy groups -OCH3 is 1. The highest BCUT2D eigenvalue weighted by molar-refractivity contribution is 5.85. The fourth-order valence-electron chi connectivity index (χ4n) is 0.937. The number of hydrogen-bond acceptors (Lipinski definition) is 5. The molecule has 16 heavy (non-hydrogen) atoms. The second kappa shape index (κ2) is 8.96. The Hall–Kier alpha value is -1.30. The molecule has 6 heteroatoms. The molecule has 3 N–H and O–H groups in total. The molecule has 0 amide bonds. The third-order valence-electron chi connectivity index (χ3n) is 1.73. The van der Waals surface area contributed by atoms with Crippen molar-refractivity contribution >= 4 is 24.3 Å². The van der Waals surface area contributed by atoms with Crippen molar-refractivity contribution in [2.24, 2.45) is 11.0 Å². The highest BCUT2D eigenvalue weighted by Gasteiger charge is 1.89. The van der Waals surface area contributed by atoms with Gasteiger partial charge >= 0.3 is 0 Å². The van der Waals surface area contributed by atoms with Gasteiger partial charge in [0.25, 0.3) is 0 Å². The van der Waals surface area contributed by atoms with Crippen molar-refractivity contribution in [3.63, 3.8) is 0 Å². The van der Waals surface area contributed by atoms with Crippen LogP contribution in [-0.4, -0.2) is 26.5 Å². The van der Waals surface area contributed by atoms with Gasteiger partial charge in [-0.1, -0.05) is 17.3 Å². The van der Waals surface area contributed by atoms with Crippen LogP contribution in [0.1, 0.15) is 5.56 Å². The molecule has 90 valence electrons. The van der Waals surface area contributed by atoms with Crippen molar-refractivity contribution in [2.75, 3.05) is 25.7 Å². The number of nitrogens with zero attached hydrogens (tertiary/aromatic N) is 1. The average molecular weight is 246 g/mol. The van der Waals surface area contributed by atoms with Crippen molar-refractivity contribution in [1.29, 1.82) is 0 Å². The number of halogens is 1. The zero-order valence-electron chi connectivity index (χ0n) is 9.05. The van der Waals surface area contributed by atoms with Gasteiger partial charge in [-0.2, -0.15) is 0 Å². The second-order valence-electron chi connectivity index (χ2n) is 2.83. The molecule has 0 aliphatic heterocycles. The predicted molar refractivity (Wildman–Crippen MR) is 66.9 cm³/mol. The molecule has 5 nitrogen and oxygen atoms in total. The summed E-state index contributed by atoms with van der Waals surface area (Å²) in [7, 11) is 1.62.